The van der Waals surface area contributed by atoms with Gasteiger partial charge >= 0.3 is 0 Å². The van der Waals surface area contributed by atoms with Gasteiger partial charge in [0.05, 0.1) is 27.4 Å². The van der Waals surface area contributed by atoms with Crippen LogP contribution in [0.1, 0.15) is 19.4 Å². The number of ether oxygens (including phenoxy) is 3. The highest BCUT2D eigenvalue weighted by Gasteiger charge is 2.09. The van der Waals surface area contributed by atoms with E-state index in [1.54, 1.807) is 20.3 Å². The molecule has 120 valence electrons. The highest BCUT2D eigenvalue weighted by Crippen LogP contribution is 2.33. The molecule has 1 aromatic rings. The van der Waals surface area contributed by atoms with Crippen LogP contribution in [0, 0.1) is 5.92 Å². The molecule has 1 rings (SSSR count). The van der Waals surface area contributed by atoms with Gasteiger partial charge in [0.25, 0.3) is 0 Å². The first-order valence-corrected chi connectivity index (χ1v) is 7.65. The third-order valence-electron chi connectivity index (χ3n) is 3.04. The molecule has 0 radical (unpaired) electrons. The van der Waals surface area contributed by atoms with Gasteiger partial charge < -0.3 is 19.5 Å². The maximum absolute atomic E-state index is 6.23. The predicted octanol–water partition coefficient (Wildman–Crippen LogP) is 3.16. The molecule has 0 fully saturated rings. The summed E-state index contributed by atoms with van der Waals surface area (Å²) in [6.45, 7) is 7.61. The van der Waals surface area contributed by atoms with Crippen LogP contribution in [-0.4, -0.2) is 40.5 Å². The summed E-state index contributed by atoms with van der Waals surface area (Å²) in [4.78, 5) is 0. The van der Waals surface area contributed by atoms with Crippen LogP contribution in [0.15, 0.2) is 12.1 Å². The Hall–Kier alpha value is -0.970. The van der Waals surface area contributed by atoms with Crippen LogP contribution >= 0.6 is 11.6 Å². The average Bonchev–Trinajstić information content (AvgIpc) is 2.46. The molecule has 0 saturated carbocycles. The van der Waals surface area contributed by atoms with Gasteiger partial charge in [-0.15, -0.1) is 0 Å². The fourth-order valence-electron chi connectivity index (χ4n) is 1.91. The van der Waals surface area contributed by atoms with E-state index in [-0.39, 0.29) is 0 Å². The molecular formula is C16H26ClNO3. The molecule has 0 aliphatic rings. The van der Waals surface area contributed by atoms with E-state index in [0.717, 1.165) is 25.1 Å². The Bertz CT molecular complexity index is 424. The smallest absolute Gasteiger partial charge is 0.162 e. The second-order valence-electron chi connectivity index (χ2n) is 5.26. The summed E-state index contributed by atoms with van der Waals surface area (Å²) in [7, 11) is 3.22. The van der Waals surface area contributed by atoms with E-state index in [0.29, 0.717) is 35.7 Å². The second kappa shape index (κ2) is 9.87. The summed E-state index contributed by atoms with van der Waals surface area (Å²) in [5.41, 5.74) is 1.00. The minimum Gasteiger partial charge on any atom is -0.493 e. The van der Waals surface area contributed by atoms with Crippen molar-refractivity contribution in [3.63, 3.8) is 0 Å². The Morgan fingerprint density at radius 2 is 1.76 bits per heavy atom. The largest absolute Gasteiger partial charge is 0.493 e. The summed E-state index contributed by atoms with van der Waals surface area (Å²) in [6.07, 6.45) is 0.753. The number of nitrogens with one attached hydrogen (secondary N) is 1. The quantitative estimate of drug-likeness (QED) is 0.673. The molecule has 0 aromatic heterocycles. The molecule has 1 aromatic carbocycles. The second-order valence-corrected chi connectivity index (χ2v) is 5.67. The number of benzene rings is 1. The van der Waals surface area contributed by atoms with E-state index in [9.17, 15) is 0 Å². The molecule has 0 aliphatic carbocycles. The molecule has 0 heterocycles. The summed E-state index contributed by atoms with van der Waals surface area (Å²) >= 11 is 6.23. The van der Waals surface area contributed by atoms with Crippen LogP contribution in [0.2, 0.25) is 5.02 Å². The lowest BCUT2D eigenvalue weighted by Gasteiger charge is -2.12. The lowest BCUT2D eigenvalue weighted by Crippen LogP contribution is -2.24. The number of rotatable bonds is 10. The van der Waals surface area contributed by atoms with Gasteiger partial charge in [0.2, 0.25) is 0 Å². The lowest BCUT2D eigenvalue weighted by molar-refractivity contribution is 0.138. The van der Waals surface area contributed by atoms with E-state index in [1.807, 2.05) is 6.07 Å². The van der Waals surface area contributed by atoms with Crippen molar-refractivity contribution in [2.75, 3.05) is 40.5 Å². The zero-order valence-electron chi connectivity index (χ0n) is 13.4. The Morgan fingerprint density at radius 1 is 1.10 bits per heavy atom. The van der Waals surface area contributed by atoms with Gasteiger partial charge in [0.1, 0.15) is 0 Å². The Balaban J connectivity index is 2.35. The van der Waals surface area contributed by atoms with E-state index in [1.165, 1.54) is 0 Å². The van der Waals surface area contributed by atoms with Gasteiger partial charge in [-0.25, -0.2) is 0 Å². The SMILES string of the molecule is COc1cc(Cl)c(CCOCCNCC(C)C)cc1OC. The van der Waals surface area contributed by atoms with Crippen molar-refractivity contribution in [2.24, 2.45) is 5.92 Å². The predicted molar refractivity (Wildman–Crippen MR) is 86.8 cm³/mol. The summed E-state index contributed by atoms with van der Waals surface area (Å²) in [5, 5.41) is 4.02. The van der Waals surface area contributed by atoms with Crippen LogP contribution in [0.5, 0.6) is 11.5 Å². The molecule has 1 N–H and O–H groups in total. The van der Waals surface area contributed by atoms with Crippen LogP contribution in [0.3, 0.4) is 0 Å². The Morgan fingerprint density at radius 3 is 2.38 bits per heavy atom. The van der Waals surface area contributed by atoms with Crippen molar-refractivity contribution in [2.45, 2.75) is 20.3 Å². The third kappa shape index (κ3) is 6.55. The van der Waals surface area contributed by atoms with Gasteiger partial charge in [0.15, 0.2) is 11.5 Å². The lowest BCUT2D eigenvalue weighted by atomic mass is 10.1. The molecule has 0 amide bonds. The summed E-state index contributed by atoms with van der Waals surface area (Å²) in [6, 6.07) is 3.68. The zero-order chi connectivity index (χ0) is 15.7. The molecule has 0 saturated heterocycles. The van der Waals surface area contributed by atoms with Crippen molar-refractivity contribution in [3.8, 4) is 11.5 Å². The minimum absolute atomic E-state index is 0.637. The highest BCUT2D eigenvalue weighted by molar-refractivity contribution is 6.31. The van der Waals surface area contributed by atoms with E-state index in [4.69, 9.17) is 25.8 Å². The number of methoxy groups -OCH3 is 2. The Labute approximate surface area is 132 Å². The fraction of sp³-hybridized carbons (Fsp3) is 0.625. The first-order valence-electron chi connectivity index (χ1n) is 7.27. The highest BCUT2D eigenvalue weighted by atomic mass is 35.5. The van der Waals surface area contributed by atoms with Gasteiger partial charge in [-0.2, -0.15) is 0 Å². The molecule has 0 bridgehead atoms. The molecule has 0 unspecified atom stereocenters. The van der Waals surface area contributed by atoms with Gasteiger partial charge in [-0.3, -0.25) is 0 Å². The van der Waals surface area contributed by atoms with Crippen molar-refractivity contribution in [1.82, 2.24) is 5.32 Å². The molecule has 4 nitrogen and oxygen atoms in total. The molecule has 0 aliphatic heterocycles. The van der Waals surface area contributed by atoms with E-state index < -0.39 is 0 Å². The van der Waals surface area contributed by atoms with Crippen molar-refractivity contribution >= 4 is 11.6 Å². The standard InChI is InChI=1S/C16H26ClNO3/c1-12(2)11-18-6-8-21-7-5-13-9-15(19-3)16(20-4)10-14(13)17/h9-10,12,18H,5-8,11H2,1-4H3. The fourth-order valence-corrected chi connectivity index (χ4v) is 2.16. The maximum Gasteiger partial charge on any atom is 0.162 e. The molecule has 21 heavy (non-hydrogen) atoms. The van der Waals surface area contributed by atoms with Gasteiger partial charge in [-0.05, 0) is 30.5 Å². The normalized spacial score (nSPS) is 11.0. The van der Waals surface area contributed by atoms with Crippen LogP contribution in [0.4, 0.5) is 0 Å². The number of halogens is 1. The first-order chi connectivity index (χ1) is 10.1. The third-order valence-corrected chi connectivity index (χ3v) is 3.40. The topological polar surface area (TPSA) is 39.7 Å². The van der Waals surface area contributed by atoms with Crippen molar-refractivity contribution in [1.29, 1.82) is 0 Å². The van der Waals surface area contributed by atoms with Crippen molar-refractivity contribution in [3.05, 3.63) is 22.7 Å². The van der Waals surface area contributed by atoms with E-state index in [2.05, 4.69) is 19.2 Å². The summed E-state index contributed by atoms with van der Waals surface area (Å²) < 4.78 is 16.1. The van der Waals surface area contributed by atoms with Gasteiger partial charge in [0, 0.05) is 17.6 Å². The minimum atomic E-state index is 0.637. The molecule has 0 atom stereocenters. The van der Waals surface area contributed by atoms with Crippen LogP contribution in [0.25, 0.3) is 0 Å². The maximum atomic E-state index is 6.23. The van der Waals surface area contributed by atoms with Gasteiger partial charge in [-0.1, -0.05) is 25.4 Å². The zero-order valence-corrected chi connectivity index (χ0v) is 14.1. The van der Waals surface area contributed by atoms with Crippen LogP contribution in [-0.2, 0) is 11.2 Å². The monoisotopic (exact) mass is 315 g/mol. The van der Waals surface area contributed by atoms with Crippen molar-refractivity contribution < 1.29 is 14.2 Å². The Kier molecular flexibility index (Phi) is 8.50. The summed E-state index contributed by atoms with van der Waals surface area (Å²) in [5.74, 6) is 2.00. The van der Waals surface area contributed by atoms with Crippen LogP contribution < -0.4 is 14.8 Å². The number of hydrogen-bond donors (Lipinski definition) is 1. The molecule has 0 spiro atoms. The average molecular weight is 316 g/mol. The first kappa shape index (κ1) is 18.1. The molecule has 5 heteroatoms. The molecular weight excluding hydrogens is 290 g/mol. The number of hydrogen-bond acceptors (Lipinski definition) is 4. The van der Waals surface area contributed by atoms with E-state index >= 15 is 0 Å².